The molecule has 1 rings (SSSR count). The van der Waals surface area contributed by atoms with Crippen molar-refractivity contribution in [2.75, 3.05) is 26.3 Å². The average Bonchev–Trinajstić information content (AvgIpc) is 3.14. The van der Waals surface area contributed by atoms with Crippen molar-refractivity contribution in [3.05, 3.63) is 0 Å². The first kappa shape index (κ1) is 26.2. The van der Waals surface area contributed by atoms with Crippen LogP contribution >= 0.6 is 0 Å². The van der Waals surface area contributed by atoms with Gasteiger partial charge >= 0.3 is 0 Å². The molecule has 1 fully saturated rings. The highest BCUT2D eigenvalue weighted by Gasteiger charge is 2.40. The Labute approximate surface area is 177 Å². The van der Waals surface area contributed by atoms with E-state index in [1.54, 1.807) is 0 Å². The first-order valence-electron chi connectivity index (χ1n) is 10.5. The van der Waals surface area contributed by atoms with Gasteiger partial charge in [0.15, 0.2) is 0 Å². The molecule has 0 saturated carbocycles. The lowest BCUT2D eigenvalue weighted by Gasteiger charge is -2.33. The van der Waals surface area contributed by atoms with Crippen molar-refractivity contribution in [1.29, 1.82) is 0 Å². The summed E-state index contributed by atoms with van der Waals surface area (Å²) in [7, 11) is 0. The van der Waals surface area contributed by atoms with Gasteiger partial charge in [-0.25, -0.2) is 8.78 Å². The van der Waals surface area contributed by atoms with Crippen LogP contribution < -0.4 is 16.4 Å². The molecule has 0 aromatic heterocycles. The molecule has 10 heteroatoms. The minimum atomic E-state index is -2.76. The summed E-state index contributed by atoms with van der Waals surface area (Å²) in [4.78, 5) is 39.2. The molecule has 0 aromatic rings. The molecule has 3 amide bonds. The van der Waals surface area contributed by atoms with Gasteiger partial charge in [0.1, 0.15) is 12.1 Å². The third kappa shape index (κ3) is 8.14. The molecule has 0 spiro atoms. The van der Waals surface area contributed by atoms with Crippen molar-refractivity contribution in [3.8, 4) is 0 Å². The van der Waals surface area contributed by atoms with Crippen LogP contribution in [-0.4, -0.2) is 73.5 Å². The van der Waals surface area contributed by atoms with Gasteiger partial charge in [0.05, 0.1) is 6.04 Å². The molecule has 1 saturated heterocycles. The highest BCUT2D eigenvalue weighted by molar-refractivity contribution is 5.93. The zero-order chi connectivity index (χ0) is 22.9. The van der Waals surface area contributed by atoms with Gasteiger partial charge in [-0.2, -0.15) is 0 Å². The minimum absolute atomic E-state index is 0.253. The molecule has 4 N–H and O–H groups in total. The summed E-state index contributed by atoms with van der Waals surface area (Å²) < 4.78 is 31.1. The lowest BCUT2D eigenvalue weighted by atomic mass is 9.86. The number of carbonyl (C=O) groups is 3. The summed E-state index contributed by atoms with van der Waals surface area (Å²) in [6.45, 7) is 8.94. The Hall–Kier alpha value is -1.81. The standard InChI is InChI=1S/C20H36F2N4O4/c1-5-30-11-7-9-24-17(27)13(12-15(21)22)25-18(28)14-8-6-10-26(14)19(29)16(23)20(2,3)4/h13-16H,5-12,23H2,1-4H3,(H,24,27)(H,25,28)/t13-,14-,16+/m0/s1. The number of hydrogen-bond acceptors (Lipinski definition) is 5. The molecule has 3 atom stereocenters. The van der Waals surface area contributed by atoms with E-state index in [2.05, 4.69) is 10.6 Å². The number of carbonyl (C=O) groups excluding carboxylic acids is 3. The van der Waals surface area contributed by atoms with Crippen molar-refractivity contribution >= 4 is 17.7 Å². The van der Waals surface area contributed by atoms with Crippen LogP contribution in [0.25, 0.3) is 0 Å². The number of alkyl halides is 2. The second-order valence-corrected chi connectivity index (χ2v) is 8.56. The summed E-state index contributed by atoms with van der Waals surface area (Å²) in [6, 6.07) is -2.99. The molecular weight excluding hydrogens is 398 g/mol. The van der Waals surface area contributed by atoms with E-state index in [-0.39, 0.29) is 12.5 Å². The first-order valence-corrected chi connectivity index (χ1v) is 10.5. The topological polar surface area (TPSA) is 114 Å². The largest absolute Gasteiger partial charge is 0.382 e. The Kier molecular flexibility index (Phi) is 10.6. The van der Waals surface area contributed by atoms with Crippen LogP contribution in [-0.2, 0) is 19.1 Å². The maximum Gasteiger partial charge on any atom is 0.243 e. The zero-order valence-corrected chi connectivity index (χ0v) is 18.4. The molecule has 0 aromatic carbocycles. The van der Waals surface area contributed by atoms with E-state index in [0.717, 1.165) is 0 Å². The number of hydrogen-bond donors (Lipinski definition) is 3. The van der Waals surface area contributed by atoms with Gasteiger partial charge < -0.3 is 26.0 Å². The summed E-state index contributed by atoms with van der Waals surface area (Å²) in [6.07, 6.45) is -2.04. The Bertz CT molecular complexity index is 584. The highest BCUT2D eigenvalue weighted by Crippen LogP contribution is 2.24. The number of amides is 3. The van der Waals surface area contributed by atoms with E-state index < -0.39 is 48.2 Å². The number of likely N-dealkylation sites (tertiary alicyclic amines) is 1. The van der Waals surface area contributed by atoms with Gasteiger partial charge in [-0.1, -0.05) is 20.8 Å². The summed E-state index contributed by atoms with van der Waals surface area (Å²) in [5, 5.41) is 4.96. The molecule has 8 nitrogen and oxygen atoms in total. The maximum atomic E-state index is 13.0. The van der Waals surface area contributed by atoms with Crippen LogP contribution in [0.1, 0.15) is 53.4 Å². The van der Waals surface area contributed by atoms with E-state index in [9.17, 15) is 23.2 Å². The van der Waals surface area contributed by atoms with E-state index in [0.29, 0.717) is 39.0 Å². The van der Waals surface area contributed by atoms with E-state index >= 15 is 0 Å². The quantitative estimate of drug-likeness (QED) is 0.421. The Balaban J connectivity index is 2.75. The van der Waals surface area contributed by atoms with Gasteiger partial charge in [0.25, 0.3) is 0 Å². The zero-order valence-electron chi connectivity index (χ0n) is 18.4. The van der Waals surface area contributed by atoms with Crippen LogP contribution in [0.4, 0.5) is 8.78 Å². The van der Waals surface area contributed by atoms with E-state index in [1.807, 2.05) is 27.7 Å². The van der Waals surface area contributed by atoms with Crippen LogP contribution in [0.3, 0.4) is 0 Å². The number of ether oxygens (including phenoxy) is 1. The fourth-order valence-electron chi connectivity index (χ4n) is 3.18. The number of nitrogens with one attached hydrogen (secondary N) is 2. The molecule has 0 bridgehead atoms. The lowest BCUT2D eigenvalue weighted by molar-refractivity contribution is -0.142. The number of halogens is 2. The number of rotatable bonds is 11. The van der Waals surface area contributed by atoms with Crippen LogP contribution in [0.2, 0.25) is 0 Å². The van der Waals surface area contributed by atoms with Crippen LogP contribution in [0, 0.1) is 5.41 Å². The molecular formula is C20H36F2N4O4. The highest BCUT2D eigenvalue weighted by atomic mass is 19.3. The molecule has 30 heavy (non-hydrogen) atoms. The maximum absolute atomic E-state index is 13.0. The third-order valence-corrected chi connectivity index (χ3v) is 5.05. The molecule has 174 valence electrons. The molecule has 0 radical (unpaired) electrons. The predicted molar refractivity (Wildman–Crippen MR) is 109 cm³/mol. The lowest BCUT2D eigenvalue weighted by Crippen LogP contribution is -2.57. The van der Waals surface area contributed by atoms with Crippen LogP contribution in [0.15, 0.2) is 0 Å². The predicted octanol–water partition coefficient (Wildman–Crippen LogP) is 1.03. The number of nitrogens with zero attached hydrogens (tertiary/aromatic N) is 1. The average molecular weight is 435 g/mol. The monoisotopic (exact) mass is 434 g/mol. The summed E-state index contributed by atoms with van der Waals surface area (Å²) >= 11 is 0. The second-order valence-electron chi connectivity index (χ2n) is 8.56. The SMILES string of the molecule is CCOCCCNC(=O)[C@H](CC(F)F)NC(=O)[C@@H]1CCCN1C(=O)[C@@H](N)C(C)(C)C. The number of nitrogens with two attached hydrogens (primary N) is 1. The van der Waals surface area contributed by atoms with Gasteiger partial charge in [-0.05, 0) is 31.6 Å². The van der Waals surface area contributed by atoms with Crippen molar-refractivity contribution in [2.45, 2.75) is 77.9 Å². The summed E-state index contributed by atoms with van der Waals surface area (Å²) in [5.74, 6) is -1.65. The second kappa shape index (κ2) is 12.1. The summed E-state index contributed by atoms with van der Waals surface area (Å²) in [5.41, 5.74) is 5.56. The van der Waals surface area contributed by atoms with Crippen molar-refractivity contribution in [3.63, 3.8) is 0 Å². The van der Waals surface area contributed by atoms with Crippen molar-refractivity contribution in [1.82, 2.24) is 15.5 Å². The molecule has 1 heterocycles. The Morgan fingerprint density at radius 3 is 2.50 bits per heavy atom. The Morgan fingerprint density at radius 2 is 1.93 bits per heavy atom. The van der Waals surface area contributed by atoms with Crippen LogP contribution in [0.5, 0.6) is 0 Å². The van der Waals surface area contributed by atoms with E-state index in [1.165, 1.54) is 4.90 Å². The van der Waals surface area contributed by atoms with Gasteiger partial charge in [-0.15, -0.1) is 0 Å². The van der Waals surface area contributed by atoms with Gasteiger partial charge in [0.2, 0.25) is 24.1 Å². The third-order valence-electron chi connectivity index (χ3n) is 5.05. The van der Waals surface area contributed by atoms with E-state index in [4.69, 9.17) is 10.5 Å². The van der Waals surface area contributed by atoms with Gasteiger partial charge in [-0.3, -0.25) is 14.4 Å². The minimum Gasteiger partial charge on any atom is -0.382 e. The fraction of sp³-hybridized carbons (Fsp3) is 0.850. The Morgan fingerprint density at radius 1 is 1.27 bits per heavy atom. The first-order chi connectivity index (χ1) is 14.0. The van der Waals surface area contributed by atoms with Crippen molar-refractivity contribution in [2.24, 2.45) is 11.1 Å². The molecule has 1 aliphatic rings. The molecule has 1 aliphatic heterocycles. The molecule has 0 unspecified atom stereocenters. The normalized spacial score (nSPS) is 18.9. The smallest absolute Gasteiger partial charge is 0.243 e. The van der Waals surface area contributed by atoms with Gasteiger partial charge in [0, 0.05) is 32.7 Å². The fourth-order valence-corrected chi connectivity index (χ4v) is 3.18. The van der Waals surface area contributed by atoms with Crippen molar-refractivity contribution < 1.29 is 27.9 Å². The molecule has 0 aliphatic carbocycles.